The fraction of sp³-hybridized carbons (Fsp3) is 0.541. The van der Waals surface area contributed by atoms with E-state index in [1.54, 1.807) is 13.8 Å². The minimum atomic E-state index is -1.01. The first-order chi connectivity index (χ1) is 22.3. The second kappa shape index (κ2) is 17.8. The second-order valence-corrected chi connectivity index (χ2v) is 13.5. The molecule has 1 aliphatic heterocycles. The van der Waals surface area contributed by atoms with Crippen molar-refractivity contribution in [3.05, 3.63) is 71.8 Å². The maximum Gasteiger partial charge on any atom is 0.243 e. The molecule has 0 radical (unpaired) electrons. The number of hydrogen-bond acceptors (Lipinski definition) is 6. The molecule has 1 unspecified atom stereocenters. The van der Waals surface area contributed by atoms with Crippen molar-refractivity contribution in [1.29, 1.82) is 0 Å². The van der Waals surface area contributed by atoms with E-state index < -0.39 is 47.5 Å². The first-order valence-corrected chi connectivity index (χ1v) is 16.8. The summed E-state index contributed by atoms with van der Waals surface area (Å²) in [6, 6.07) is 15.4. The van der Waals surface area contributed by atoms with Crippen LogP contribution in [-0.4, -0.2) is 65.8 Å². The van der Waals surface area contributed by atoms with E-state index in [1.807, 2.05) is 88.4 Å². The van der Waals surface area contributed by atoms with Gasteiger partial charge in [0.05, 0.1) is 12.6 Å². The maximum atomic E-state index is 13.9. The highest BCUT2D eigenvalue weighted by atomic mass is 16.6. The molecule has 1 saturated heterocycles. The number of Topliss-reactive ketones (excluding diaryl/α,β-unsaturated/α-hetero) is 1. The molecule has 256 valence electrons. The molecule has 0 aromatic heterocycles. The normalized spacial score (nSPS) is 18.0. The van der Waals surface area contributed by atoms with Gasteiger partial charge in [0.15, 0.2) is 5.78 Å². The van der Waals surface area contributed by atoms with Crippen LogP contribution >= 0.6 is 0 Å². The van der Waals surface area contributed by atoms with Crippen LogP contribution in [0.4, 0.5) is 0 Å². The molecule has 2 aromatic rings. The van der Waals surface area contributed by atoms with Gasteiger partial charge in [0.1, 0.15) is 23.7 Å². The largest absolute Gasteiger partial charge is 0.361 e. The summed E-state index contributed by atoms with van der Waals surface area (Å²) in [7, 11) is 0. The lowest BCUT2D eigenvalue weighted by molar-refractivity contribution is -0.135. The third-order valence-corrected chi connectivity index (χ3v) is 8.23. The van der Waals surface area contributed by atoms with Gasteiger partial charge >= 0.3 is 0 Å². The van der Waals surface area contributed by atoms with Crippen molar-refractivity contribution in [1.82, 2.24) is 21.3 Å². The lowest BCUT2D eigenvalue weighted by Gasteiger charge is -2.28. The van der Waals surface area contributed by atoms with Gasteiger partial charge in [0.25, 0.3) is 0 Å². The summed E-state index contributed by atoms with van der Waals surface area (Å²) in [5.74, 6) is -1.77. The number of carbonyl (C=O) groups is 5. The van der Waals surface area contributed by atoms with Gasteiger partial charge in [-0.25, -0.2) is 0 Å². The molecule has 0 saturated carbocycles. The number of epoxide rings is 1. The Balaban J connectivity index is 1.81. The second-order valence-electron chi connectivity index (χ2n) is 13.5. The lowest BCUT2D eigenvalue weighted by atomic mass is 9.93. The number of nitrogens with one attached hydrogen (secondary N) is 4. The van der Waals surface area contributed by atoms with Crippen molar-refractivity contribution < 1.29 is 28.7 Å². The molecule has 3 rings (SSSR count). The average Bonchev–Trinajstić information content (AvgIpc) is 3.80. The molecule has 1 aliphatic rings. The number of hydrogen-bond donors (Lipinski definition) is 4. The average molecular weight is 649 g/mol. The van der Waals surface area contributed by atoms with E-state index in [1.165, 1.54) is 0 Å². The predicted molar refractivity (Wildman–Crippen MR) is 181 cm³/mol. The number of amides is 4. The van der Waals surface area contributed by atoms with Crippen LogP contribution in [0, 0.1) is 11.8 Å². The Morgan fingerprint density at radius 2 is 1.15 bits per heavy atom. The summed E-state index contributed by atoms with van der Waals surface area (Å²) in [6.07, 6.45) is 2.05. The summed E-state index contributed by atoms with van der Waals surface area (Å²) in [5.41, 5.74) is 0.936. The molecule has 0 spiro atoms. The molecule has 5 atom stereocenters. The van der Waals surface area contributed by atoms with Gasteiger partial charge in [-0.2, -0.15) is 0 Å². The Kier molecular flexibility index (Phi) is 14.1. The van der Waals surface area contributed by atoms with Crippen molar-refractivity contribution in [2.24, 2.45) is 11.8 Å². The predicted octanol–water partition coefficient (Wildman–Crippen LogP) is 3.66. The molecule has 4 N–H and O–H groups in total. The highest BCUT2D eigenvalue weighted by molar-refractivity contribution is 5.98. The Bertz CT molecular complexity index is 1340. The molecule has 2 aromatic carbocycles. The smallest absolute Gasteiger partial charge is 0.243 e. The van der Waals surface area contributed by atoms with Gasteiger partial charge in [-0.3, -0.25) is 24.0 Å². The molecule has 0 bridgehead atoms. The Morgan fingerprint density at radius 3 is 1.68 bits per heavy atom. The molecule has 1 fully saturated rings. The van der Waals surface area contributed by atoms with Crippen molar-refractivity contribution in [2.45, 2.75) is 110 Å². The number of rotatable bonds is 19. The van der Waals surface area contributed by atoms with Crippen molar-refractivity contribution in [3.63, 3.8) is 0 Å². The minimum Gasteiger partial charge on any atom is -0.361 e. The van der Waals surface area contributed by atoms with Crippen LogP contribution in [0.3, 0.4) is 0 Å². The fourth-order valence-electron chi connectivity index (χ4n) is 5.42. The van der Waals surface area contributed by atoms with E-state index in [4.69, 9.17) is 4.74 Å². The molecule has 10 nitrogen and oxygen atoms in total. The van der Waals surface area contributed by atoms with Gasteiger partial charge in [0, 0.05) is 12.8 Å². The standard InChI is InChI=1S/C37H52N4O6/c1-7-32(42)38-28(19-18-26-14-10-8-11-15-26)34(44)40-30(21-25(4)5)35(45)41-31(22-27-16-12-9-13-17-27)36(46)39-29(20-24(2)3)33(43)37(6)23-47-37/h8-17,24-25,28-31H,7,18-23H2,1-6H3,(H,38,42)(H,39,46)(H,40,44)(H,41,45)/t28-,29-,30?,31-,37+/m0/s1. The van der Waals surface area contributed by atoms with Gasteiger partial charge in [0.2, 0.25) is 23.6 Å². The highest BCUT2D eigenvalue weighted by Gasteiger charge is 2.50. The van der Waals surface area contributed by atoms with Gasteiger partial charge in [-0.1, -0.05) is 95.3 Å². The van der Waals surface area contributed by atoms with E-state index in [9.17, 15) is 24.0 Å². The zero-order chi connectivity index (χ0) is 34.6. The summed E-state index contributed by atoms with van der Waals surface area (Å²) in [5, 5.41) is 11.5. The van der Waals surface area contributed by atoms with Crippen LogP contribution in [0.5, 0.6) is 0 Å². The van der Waals surface area contributed by atoms with Crippen molar-refractivity contribution in [3.8, 4) is 0 Å². The molecule has 0 aliphatic carbocycles. The van der Waals surface area contributed by atoms with E-state index in [-0.39, 0.29) is 36.4 Å². The highest BCUT2D eigenvalue weighted by Crippen LogP contribution is 2.29. The third-order valence-electron chi connectivity index (χ3n) is 8.23. The van der Waals surface area contributed by atoms with Gasteiger partial charge in [-0.05, 0) is 55.6 Å². The monoisotopic (exact) mass is 648 g/mol. The van der Waals surface area contributed by atoms with Crippen LogP contribution in [-0.2, 0) is 41.6 Å². The van der Waals surface area contributed by atoms with E-state index >= 15 is 0 Å². The van der Waals surface area contributed by atoms with Crippen LogP contribution in [0.1, 0.15) is 78.4 Å². The molecule has 4 amide bonds. The van der Waals surface area contributed by atoms with Crippen LogP contribution in [0.2, 0.25) is 0 Å². The SMILES string of the molecule is CCC(=O)N[C@@H](CCc1ccccc1)C(=O)NC(CC(C)C)C(=O)N[C@@H](Cc1ccccc1)C(=O)N[C@@H](CC(C)C)C(=O)[C@@]1(C)CO1. The van der Waals surface area contributed by atoms with E-state index in [0.717, 1.165) is 11.1 Å². The summed E-state index contributed by atoms with van der Waals surface area (Å²) < 4.78 is 5.38. The zero-order valence-electron chi connectivity index (χ0n) is 28.6. The maximum absolute atomic E-state index is 13.9. The van der Waals surface area contributed by atoms with Crippen molar-refractivity contribution >= 4 is 29.4 Å². The van der Waals surface area contributed by atoms with Gasteiger partial charge in [-0.15, -0.1) is 0 Å². The van der Waals surface area contributed by atoms with Crippen LogP contribution in [0.25, 0.3) is 0 Å². The van der Waals surface area contributed by atoms with Crippen LogP contribution < -0.4 is 21.3 Å². The zero-order valence-corrected chi connectivity index (χ0v) is 28.6. The molecular formula is C37H52N4O6. The molecule has 10 heteroatoms. The summed E-state index contributed by atoms with van der Waals surface area (Å²) in [6.45, 7) is 11.6. The molecule has 47 heavy (non-hydrogen) atoms. The quantitative estimate of drug-likeness (QED) is 0.171. The van der Waals surface area contributed by atoms with E-state index in [2.05, 4.69) is 21.3 Å². The number of ether oxygens (including phenoxy) is 1. The molecule has 1 heterocycles. The minimum absolute atomic E-state index is 0.0350. The fourth-order valence-corrected chi connectivity index (χ4v) is 5.42. The van der Waals surface area contributed by atoms with E-state index in [0.29, 0.717) is 32.3 Å². The number of carbonyl (C=O) groups excluding carboxylic acids is 5. The Morgan fingerprint density at radius 1 is 0.681 bits per heavy atom. The first kappa shape index (κ1) is 37.4. The van der Waals surface area contributed by atoms with Gasteiger partial charge < -0.3 is 26.0 Å². The lowest BCUT2D eigenvalue weighted by Crippen LogP contribution is -2.59. The summed E-state index contributed by atoms with van der Waals surface area (Å²) in [4.78, 5) is 66.9. The third kappa shape index (κ3) is 12.2. The summed E-state index contributed by atoms with van der Waals surface area (Å²) >= 11 is 0. The Labute approximate surface area is 279 Å². The molecular weight excluding hydrogens is 596 g/mol. The van der Waals surface area contributed by atoms with Crippen LogP contribution in [0.15, 0.2) is 60.7 Å². The van der Waals surface area contributed by atoms with Crippen molar-refractivity contribution in [2.75, 3.05) is 6.61 Å². The Hall–Kier alpha value is -4.05. The topological polar surface area (TPSA) is 146 Å². The number of aryl methyl sites for hydroxylation is 1. The number of ketones is 1. The number of benzene rings is 2. The first-order valence-electron chi connectivity index (χ1n) is 16.8.